The molecule has 0 bridgehead atoms. The minimum Gasteiger partial charge on any atom is -0.383 e. The molecule has 0 saturated heterocycles. The second-order valence-electron chi connectivity index (χ2n) is 4.74. The van der Waals surface area contributed by atoms with E-state index in [2.05, 4.69) is 10.2 Å². The number of nitro groups is 1. The summed E-state index contributed by atoms with van der Waals surface area (Å²) >= 11 is 7.48. The summed E-state index contributed by atoms with van der Waals surface area (Å²) in [5.74, 6) is 0. The van der Waals surface area contributed by atoms with E-state index in [0.29, 0.717) is 12.2 Å². The highest BCUT2D eigenvalue weighted by Crippen LogP contribution is 2.26. The number of halogens is 1. The Morgan fingerprint density at radius 1 is 1.33 bits per heavy atom. The first-order valence-corrected chi connectivity index (χ1v) is 7.57. The highest BCUT2D eigenvalue weighted by Gasteiger charge is 2.13. The topological polar surface area (TPSA) is 58.4 Å². The van der Waals surface area contributed by atoms with Gasteiger partial charge in [-0.25, -0.2) is 0 Å². The smallest absolute Gasteiger partial charge is 0.292 e. The molecule has 0 aliphatic rings. The van der Waals surface area contributed by atoms with E-state index in [1.165, 1.54) is 10.9 Å². The molecule has 5 nitrogen and oxygen atoms in total. The van der Waals surface area contributed by atoms with Crippen LogP contribution < -0.4 is 5.32 Å². The lowest BCUT2D eigenvalue weighted by molar-refractivity contribution is -0.384. The molecule has 0 unspecified atom stereocenters. The van der Waals surface area contributed by atoms with Gasteiger partial charge in [-0.3, -0.25) is 15.0 Å². The third-order valence-corrected chi connectivity index (χ3v) is 4.25. The maximum atomic E-state index is 10.9. The van der Waals surface area contributed by atoms with Gasteiger partial charge in [0.05, 0.1) is 9.26 Å². The van der Waals surface area contributed by atoms with Crippen molar-refractivity contribution in [1.82, 2.24) is 4.90 Å². The van der Waals surface area contributed by atoms with E-state index < -0.39 is 0 Å². The Kier molecular flexibility index (Phi) is 5.17. The largest absolute Gasteiger partial charge is 0.383 e. The number of nitro benzene ring substituents is 1. The molecule has 0 aliphatic carbocycles. The maximum Gasteiger partial charge on any atom is 0.292 e. The van der Waals surface area contributed by atoms with Crippen LogP contribution in [0.1, 0.15) is 10.4 Å². The van der Waals surface area contributed by atoms with Crippen LogP contribution in [0.5, 0.6) is 0 Å². The lowest BCUT2D eigenvalue weighted by Gasteiger charge is -2.16. The SMILES string of the molecule is CNc1cc(CN(C)Cc2ccc(Cl)s2)ccc1[N+](=O)[O-]. The van der Waals surface area contributed by atoms with Crippen molar-refractivity contribution in [3.63, 3.8) is 0 Å². The van der Waals surface area contributed by atoms with Gasteiger partial charge in [-0.2, -0.15) is 0 Å². The molecule has 1 N–H and O–H groups in total. The average molecular weight is 326 g/mol. The molecule has 0 fully saturated rings. The molecule has 0 saturated carbocycles. The summed E-state index contributed by atoms with van der Waals surface area (Å²) in [7, 11) is 3.69. The fourth-order valence-corrected chi connectivity index (χ4v) is 3.28. The van der Waals surface area contributed by atoms with Crippen LogP contribution in [0.15, 0.2) is 30.3 Å². The number of nitrogens with zero attached hydrogens (tertiary/aromatic N) is 2. The number of rotatable bonds is 6. The van der Waals surface area contributed by atoms with Crippen LogP contribution in [-0.2, 0) is 13.1 Å². The number of thiophene rings is 1. The van der Waals surface area contributed by atoms with Gasteiger partial charge in [-0.1, -0.05) is 17.7 Å². The van der Waals surface area contributed by atoms with E-state index in [1.807, 2.05) is 25.2 Å². The molecule has 1 aromatic heterocycles. The van der Waals surface area contributed by atoms with Gasteiger partial charge < -0.3 is 5.32 Å². The van der Waals surface area contributed by atoms with Crippen molar-refractivity contribution < 1.29 is 4.92 Å². The summed E-state index contributed by atoms with van der Waals surface area (Å²) in [6, 6.07) is 9.04. The molecule has 2 aromatic rings. The Morgan fingerprint density at radius 3 is 2.67 bits per heavy atom. The molecule has 1 aromatic carbocycles. The first-order valence-electron chi connectivity index (χ1n) is 6.37. The summed E-state index contributed by atoms with van der Waals surface area (Å²) in [6.45, 7) is 1.51. The predicted molar refractivity (Wildman–Crippen MR) is 87.1 cm³/mol. The van der Waals surface area contributed by atoms with E-state index in [9.17, 15) is 10.1 Å². The lowest BCUT2D eigenvalue weighted by atomic mass is 10.1. The van der Waals surface area contributed by atoms with Crippen LogP contribution in [0.4, 0.5) is 11.4 Å². The average Bonchev–Trinajstić information content (AvgIpc) is 2.83. The van der Waals surface area contributed by atoms with Gasteiger partial charge in [0, 0.05) is 31.1 Å². The van der Waals surface area contributed by atoms with E-state index in [0.717, 1.165) is 16.4 Å². The molecule has 21 heavy (non-hydrogen) atoms. The van der Waals surface area contributed by atoms with Crippen molar-refractivity contribution in [3.8, 4) is 0 Å². The fourth-order valence-electron chi connectivity index (χ4n) is 2.11. The van der Waals surface area contributed by atoms with Crippen LogP contribution in [0, 0.1) is 10.1 Å². The third kappa shape index (κ3) is 4.17. The van der Waals surface area contributed by atoms with Gasteiger partial charge in [-0.15, -0.1) is 11.3 Å². The van der Waals surface area contributed by atoms with Crippen molar-refractivity contribution in [2.45, 2.75) is 13.1 Å². The number of benzene rings is 1. The van der Waals surface area contributed by atoms with Crippen LogP contribution in [-0.4, -0.2) is 23.9 Å². The van der Waals surface area contributed by atoms with Gasteiger partial charge in [0.15, 0.2) is 0 Å². The van der Waals surface area contributed by atoms with Crippen molar-refractivity contribution in [2.24, 2.45) is 0 Å². The summed E-state index contributed by atoms with van der Waals surface area (Å²) in [4.78, 5) is 13.9. The van der Waals surface area contributed by atoms with Crippen molar-refractivity contribution in [1.29, 1.82) is 0 Å². The molecule has 1 heterocycles. The summed E-state index contributed by atoms with van der Waals surface area (Å²) in [6.07, 6.45) is 0. The van der Waals surface area contributed by atoms with Crippen molar-refractivity contribution >= 4 is 34.3 Å². The second kappa shape index (κ2) is 6.89. The van der Waals surface area contributed by atoms with Crippen LogP contribution in [0.2, 0.25) is 4.34 Å². The van der Waals surface area contributed by atoms with Gasteiger partial charge in [0.1, 0.15) is 5.69 Å². The predicted octanol–water partition coefficient (Wildman–Crippen LogP) is 3.98. The van der Waals surface area contributed by atoms with Crippen molar-refractivity contribution in [2.75, 3.05) is 19.4 Å². The first-order chi connectivity index (χ1) is 9.99. The highest BCUT2D eigenvalue weighted by atomic mass is 35.5. The number of hydrogen-bond donors (Lipinski definition) is 1. The normalized spacial score (nSPS) is 10.9. The maximum absolute atomic E-state index is 10.9. The van der Waals surface area contributed by atoms with E-state index >= 15 is 0 Å². The quantitative estimate of drug-likeness (QED) is 0.644. The molecule has 2 rings (SSSR count). The Hall–Kier alpha value is -1.63. The fraction of sp³-hybridized carbons (Fsp3) is 0.286. The molecule has 0 spiro atoms. The third-order valence-electron chi connectivity index (χ3n) is 3.03. The molecule has 0 aliphatic heterocycles. The molecular formula is C14H16ClN3O2S. The van der Waals surface area contributed by atoms with Gasteiger partial charge in [0.25, 0.3) is 5.69 Å². The monoisotopic (exact) mass is 325 g/mol. The van der Waals surface area contributed by atoms with Gasteiger partial charge in [-0.05, 0) is 30.8 Å². The number of anilines is 1. The van der Waals surface area contributed by atoms with Crippen LogP contribution >= 0.6 is 22.9 Å². The van der Waals surface area contributed by atoms with E-state index in [1.54, 1.807) is 24.5 Å². The zero-order valence-corrected chi connectivity index (χ0v) is 13.4. The van der Waals surface area contributed by atoms with Crippen LogP contribution in [0.25, 0.3) is 0 Å². The second-order valence-corrected chi connectivity index (χ2v) is 6.54. The number of hydrogen-bond acceptors (Lipinski definition) is 5. The minimum atomic E-state index is -0.382. The summed E-state index contributed by atoms with van der Waals surface area (Å²) < 4.78 is 0.784. The highest BCUT2D eigenvalue weighted by molar-refractivity contribution is 7.16. The zero-order valence-electron chi connectivity index (χ0n) is 11.8. The standard InChI is InChI=1S/C14H16ClN3O2S/c1-16-12-7-10(3-5-13(12)18(19)20)8-17(2)9-11-4-6-14(15)21-11/h3-7,16H,8-9H2,1-2H3. The Bertz CT molecular complexity index is 645. The van der Waals surface area contributed by atoms with Crippen molar-refractivity contribution in [3.05, 3.63) is 55.2 Å². The number of nitrogens with one attached hydrogen (secondary N) is 1. The van der Waals surface area contributed by atoms with E-state index in [4.69, 9.17) is 11.6 Å². The van der Waals surface area contributed by atoms with E-state index in [-0.39, 0.29) is 10.6 Å². The zero-order chi connectivity index (χ0) is 15.4. The van der Waals surface area contributed by atoms with Crippen LogP contribution in [0.3, 0.4) is 0 Å². The Morgan fingerprint density at radius 2 is 2.10 bits per heavy atom. The minimum absolute atomic E-state index is 0.0916. The molecule has 7 heteroatoms. The first kappa shape index (κ1) is 15.8. The summed E-state index contributed by atoms with van der Waals surface area (Å²) in [5, 5.41) is 13.8. The summed E-state index contributed by atoms with van der Waals surface area (Å²) in [5.41, 5.74) is 1.65. The molecule has 0 amide bonds. The Labute approximate surface area is 132 Å². The van der Waals surface area contributed by atoms with Gasteiger partial charge >= 0.3 is 0 Å². The van der Waals surface area contributed by atoms with Gasteiger partial charge in [0.2, 0.25) is 0 Å². The Balaban J connectivity index is 2.06. The lowest BCUT2D eigenvalue weighted by Crippen LogP contribution is -2.16. The molecule has 0 atom stereocenters. The molecule has 0 radical (unpaired) electrons. The molecule has 112 valence electrons. The molecular weight excluding hydrogens is 310 g/mol.